The molecule has 0 aromatic rings. The minimum Gasteiger partial charge on any atom is -0.272 e. The Morgan fingerprint density at radius 3 is 2.67 bits per heavy atom. The lowest BCUT2D eigenvalue weighted by molar-refractivity contribution is -0.191. The van der Waals surface area contributed by atoms with Crippen LogP contribution in [0.1, 0.15) is 19.8 Å². The number of thioether (sulfide) groups is 1. The van der Waals surface area contributed by atoms with Crippen molar-refractivity contribution in [1.82, 2.24) is 5.48 Å². The van der Waals surface area contributed by atoms with Gasteiger partial charge in [-0.1, -0.05) is 13.3 Å². The number of hydroxylamine groups is 1. The smallest absolute Gasteiger partial charge is 0.272 e. The van der Waals surface area contributed by atoms with Crippen LogP contribution >= 0.6 is 11.8 Å². The van der Waals surface area contributed by atoms with Gasteiger partial charge in [-0.05, 0) is 12.2 Å². The summed E-state index contributed by atoms with van der Waals surface area (Å²) in [5.74, 6) is 0.404. The van der Waals surface area contributed by atoms with Crippen LogP contribution in [0.5, 0.6) is 0 Å². The highest BCUT2D eigenvalue weighted by atomic mass is 32.2. The van der Waals surface area contributed by atoms with Crippen molar-refractivity contribution in [2.75, 3.05) is 18.1 Å². The summed E-state index contributed by atoms with van der Waals surface area (Å²) < 4.78 is 34.7. The van der Waals surface area contributed by atoms with E-state index in [1.807, 2.05) is 6.92 Å². The Bertz CT molecular complexity index is 187. The second-order valence-corrected chi connectivity index (χ2v) is 3.94. The number of unbranched alkanes of at least 4 members (excludes halogenated alkanes) is 1. The van der Waals surface area contributed by atoms with Gasteiger partial charge >= 0.3 is 6.18 Å². The van der Waals surface area contributed by atoms with Crippen LogP contribution in [-0.4, -0.2) is 30.2 Å². The van der Waals surface area contributed by atoms with Crippen molar-refractivity contribution >= 4 is 17.7 Å². The fraction of sp³-hybridized carbons (Fsp3) is 0.875. The number of nitrogens with one attached hydrogen (secondary N) is 1. The molecule has 0 spiro atoms. The molecule has 7 heteroatoms. The fourth-order valence-corrected chi connectivity index (χ4v) is 1.52. The predicted molar refractivity (Wildman–Crippen MR) is 52.4 cm³/mol. The highest BCUT2D eigenvalue weighted by Gasteiger charge is 2.28. The Balaban J connectivity index is 3.34. The number of halogens is 3. The summed E-state index contributed by atoms with van der Waals surface area (Å²) in [5, 5.41) is 0. The lowest BCUT2D eigenvalue weighted by atomic mass is 10.4. The molecule has 1 amide bonds. The second kappa shape index (κ2) is 7.81. The van der Waals surface area contributed by atoms with Gasteiger partial charge in [-0.3, -0.25) is 9.63 Å². The molecule has 1 N–H and O–H groups in total. The SMILES string of the molecule is CCCCSCC(=O)NOCC(F)(F)F. The van der Waals surface area contributed by atoms with E-state index >= 15 is 0 Å². The minimum absolute atomic E-state index is 0.123. The van der Waals surface area contributed by atoms with Crippen molar-refractivity contribution in [3.8, 4) is 0 Å². The van der Waals surface area contributed by atoms with Gasteiger partial charge in [0.15, 0.2) is 6.61 Å². The number of rotatable bonds is 7. The minimum atomic E-state index is -4.41. The van der Waals surface area contributed by atoms with E-state index in [9.17, 15) is 18.0 Å². The van der Waals surface area contributed by atoms with Gasteiger partial charge in [0, 0.05) is 0 Å². The van der Waals surface area contributed by atoms with Gasteiger partial charge in [0.05, 0.1) is 5.75 Å². The Kier molecular flexibility index (Phi) is 7.59. The molecule has 0 unspecified atom stereocenters. The quantitative estimate of drug-likeness (QED) is 0.551. The van der Waals surface area contributed by atoms with Crippen LogP contribution in [0, 0.1) is 0 Å². The molecule has 0 saturated heterocycles. The second-order valence-electron chi connectivity index (χ2n) is 2.84. The normalized spacial score (nSPS) is 11.5. The number of hydrogen-bond acceptors (Lipinski definition) is 3. The van der Waals surface area contributed by atoms with Crippen LogP contribution in [-0.2, 0) is 9.63 Å². The van der Waals surface area contributed by atoms with E-state index in [0.717, 1.165) is 18.6 Å². The van der Waals surface area contributed by atoms with Crippen LogP contribution in [0.4, 0.5) is 13.2 Å². The first-order valence-electron chi connectivity index (χ1n) is 4.51. The largest absolute Gasteiger partial charge is 0.414 e. The molecule has 0 aromatic heterocycles. The van der Waals surface area contributed by atoms with Crippen LogP contribution < -0.4 is 5.48 Å². The number of carbonyl (C=O) groups is 1. The zero-order chi connectivity index (χ0) is 11.7. The van der Waals surface area contributed by atoms with E-state index in [-0.39, 0.29) is 5.75 Å². The standard InChI is InChI=1S/C8H14F3NO2S/c1-2-3-4-15-5-7(13)12-14-6-8(9,10)11/h2-6H2,1H3,(H,12,13). The zero-order valence-electron chi connectivity index (χ0n) is 8.39. The van der Waals surface area contributed by atoms with Gasteiger partial charge in [-0.25, -0.2) is 5.48 Å². The summed E-state index contributed by atoms with van der Waals surface area (Å²) in [5.41, 5.74) is 1.74. The summed E-state index contributed by atoms with van der Waals surface area (Å²) >= 11 is 1.37. The molecule has 90 valence electrons. The monoisotopic (exact) mass is 245 g/mol. The molecule has 3 nitrogen and oxygen atoms in total. The van der Waals surface area contributed by atoms with Crippen LogP contribution in [0.25, 0.3) is 0 Å². The molecule has 0 radical (unpaired) electrons. The molecule has 15 heavy (non-hydrogen) atoms. The van der Waals surface area contributed by atoms with Gasteiger partial charge in [-0.2, -0.15) is 24.9 Å². The van der Waals surface area contributed by atoms with Crippen molar-refractivity contribution in [1.29, 1.82) is 0 Å². The van der Waals surface area contributed by atoms with Crippen molar-refractivity contribution < 1.29 is 22.8 Å². The molecule has 0 bridgehead atoms. The Labute approximate surface area is 90.7 Å². The van der Waals surface area contributed by atoms with E-state index in [1.54, 1.807) is 5.48 Å². The molecule has 0 heterocycles. The molecule has 0 aliphatic heterocycles. The first kappa shape index (κ1) is 14.6. The fourth-order valence-electron chi connectivity index (χ4n) is 0.639. The molecule has 0 fully saturated rings. The van der Waals surface area contributed by atoms with Gasteiger partial charge < -0.3 is 0 Å². The Morgan fingerprint density at radius 1 is 1.47 bits per heavy atom. The van der Waals surface area contributed by atoms with Gasteiger partial charge in [0.2, 0.25) is 0 Å². The van der Waals surface area contributed by atoms with Crippen LogP contribution in [0.2, 0.25) is 0 Å². The third-order valence-electron chi connectivity index (χ3n) is 1.30. The van der Waals surface area contributed by atoms with Gasteiger partial charge in [-0.15, -0.1) is 0 Å². The molecular weight excluding hydrogens is 231 g/mol. The Morgan fingerprint density at radius 2 is 2.13 bits per heavy atom. The van der Waals surface area contributed by atoms with E-state index in [4.69, 9.17) is 0 Å². The third-order valence-corrected chi connectivity index (χ3v) is 2.34. The van der Waals surface area contributed by atoms with Crippen LogP contribution in [0.15, 0.2) is 0 Å². The Hall–Kier alpha value is -0.430. The van der Waals surface area contributed by atoms with Crippen molar-refractivity contribution in [2.24, 2.45) is 0 Å². The maximum atomic E-state index is 11.6. The average Bonchev–Trinajstić information content (AvgIpc) is 2.10. The van der Waals surface area contributed by atoms with Crippen LogP contribution in [0.3, 0.4) is 0 Å². The van der Waals surface area contributed by atoms with E-state index in [0.29, 0.717) is 0 Å². The number of amides is 1. The summed E-state index contributed by atoms with van der Waals surface area (Å²) in [6.07, 6.45) is -2.40. The summed E-state index contributed by atoms with van der Waals surface area (Å²) in [6, 6.07) is 0. The summed E-state index contributed by atoms with van der Waals surface area (Å²) in [4.78, 5) is 14.8. The van der Waals surface area contributed by atoms with Crippen molar-refractivity contribution in [3.05, 3.63) is 0 Å². The molecule has 0 aliphatic rings. The molecule has 0 aromatic carbocycles. The molecular formula is C8H14F3NO2S. The van der Waals surface area contributed by atoms with Crippen molar-refractivity contribution in [2.45, 2.75) is 25.9 Å². The zero-order valence-corrected chi connectivity index (χ0v) is 9.21. The van der Waals surface area contributed by atoms with E-state index in [2.05, 4.69) is 4.84 Å². The van der Waals surface area contributed by atoms with Gasteiger partial charge in [0.25, 0.3) is 5.91 Å². The van der Waals surface area contributed by atoms with E-state index in [1.165, 1.54) is 11.8 Å². The van der Waals surface area contributed by atoms with E-state index < -0.39 is 18.7 Å². The molecule has 0 rings (SSSR count). The van der Waals surface area contributed by atoms with Crippen molar-refractivity contribution in [3.63, 3.8) is 0 Å². The lowest BCUT2D eigenvalue weighted by Gasteiger charge is -2.07. The lowest BCUT2D eigenvalue weighted by Crippen LogP contribution is -2.30. The summed E-state index contributed by atoms with van der Waals surface area (Å²) in [6.45, 7) is 0.561. The molecule has 0 saturated carbocycles. The predicted octanol–water partition coefficient (Wildman–Crippen LogP) is 2.13. The number of alkyl halides is 3. The number of carbonyl (C=O) groups excluding carboxylic acids is 1. The molecule has 0 aliphatic carbocycles. The third kappa shape index (κ3) is 11.5. The molecule has 0 atom stereocenters. The number of hydrogen-bond donors (Lipinski definition) is 1. The summed E-state index contributed by atoms with van der Waals surface area (Å²) in [7, 11) is 0. The highest BCUT2D eigenvalue weighted by Crippen LogP contribution is 2.13. The van der Waals surface area contributed by atoms with Gasteiger partial charge in [0.1, 0.15) is 0 Å². The highest BCUT2D eigenvalue weighted by molar-refractivity contribution is 7.99. The topological polar surface area (TPSA) is 38.3 Å². The average molecular weight is 245 g/mol. The first-order valence-corrected chi connectivity index (χ1v) is 5.66. The maximum absolute atomic E-state index is 11.6. The maximum Gasteiger partial charge on any atom is 0.414 e. The first-order chi connectivity index (χ1) is 6.95.